The van der Waals surface area contributed by atoms with Gasteiger partial charge in [-0.05, 0) is 42.4 Å². The van der Waals surface area contributed by atoms with Crippen LogP contribution < -0.4 is 11.1 Å². The second-order valence-electron chi connectivity index (χ2n) is 5.33. The number of hydrogen-bond acceptors (Lipinski definition) is 6. The Balaban J connectivity index is 0.00000192. The topological polar surface area (TPSA) is 90.1 Å². The number of hydrogen-bond donors (Lipinski definition) is 2. The summed E-state index contributed by atoms with van der Waals surface area (Å²) in [5.74, 6) is 0.0454. The molecule has 0 radical (unpaired) electrons. The molecule has 1 aliphatic heterocycles. The molecule has 1 amide bonds. The van der Waals surface area contributed by atoms with Crippen LogP contribution in [0.4, 0.5) is 5.69 Å². The second-order valence-corrected chi connectivity index (χ2v) is 5.94. The van der Waals surface area contributed by atoms with Gasteiger partial charge in [0, 0.05) is 29.8 Å². The summed E-state index contributed by atoms with van der Waals surface area (Å²) in [4.78, 5) is 12.2. The van der Waals surface area contributed by atoms with Crippen LogP contribution in [0, 0.1) is 5.92 Å². The van der Waals surface area contributed by atoms with E-state index in [0.717, 1.165) is 29.8 Å². The van der Waals surface area contributed by atoms with Gasteiger partial charge in [-0.3, -0.25) is 4.79 Å². The molecule has 1 aromatic heterocycles. The van der Waals surface area contributed by atoms with Gasteiger partial charge in [-0.25, -0.2) is 0 Å². The summed E-state index contributed by atoms with van der Waals surface area (Å²) in [6.07, 6.45) is 1.68. The van der Waals surface area contributed by atoms with Crippen molar-refractivity contribution in [2.75, 3.05) is 18.5 Å². The predicted octanol–water partition coefficient (Wildman–Crippen LogP) is 2.32. The Labute approximate surface area is 145 Å². The summed E-state index contributed by atoms with van der Waals surface area (Å²) >= 11 is 1.31. The van der Waals surface area contributed by atoms with E-state index in [1.54, 1.807) is 0 Å². The van der Waals surface area contributed by atoms with Crippen molar-refractivity contribution >= 4 is 35.5 Å². The molecule has 1 fully saturated rings. The molecule has 6 nitrogen and oxygen atoms in total. The number of benzene rings is 1. The summed E-state index contributed by atoms with van der Waals surface area (Å²) in [5.41, 5.74) is 8.61. The number of nitrogens with two attached hydrogens (primary N) is 1. The van der Waals surface area contributed by atoms with Gasteiger partial charge in [0.05, 0.1) is 6.04 Å². The van der Waals surface area contributed by atoms with Gasteiger partial charge in [0.15, 0.2) is 0 Å². The fraction of sp³-hybridized carbons (Fsp3) is 0.400. The Kier molecular flexibility index (Phi) is 6.47. The van der Waals surface area contributed by atoms with Crippen molar-refractivity contribution in [1.82, 2.24) is 9.59 Å². The molecule has 1 atom stereocenters. The standard InChI is InChI=1S/C15H18N4O2S.ClH/c16-14(11-5-7-21-8-6-11)15(20)17-12-3-1-10(2-4-12)13-9-22-19-18-13;/h1-4,9,11,14H,5-8,16H2,(H,17,20);1H. The minimum atomic E-state index is -0.494. The quantitative estimate of drug-likeness (QED) is 0.879. The number of amides is 1. The van der Waals surface area contributed by atoms with Crippen LogP contribution >= 0.6 is 23.9 Å². The molecule has 0 saturated carbocycles. The average Bonchev–Trinajstić information content (AvgIpc) is 3.10. The van der Waals surface area contributed by atoms with Gasteiger partial charge < -0.3 is 15.8 Å². The zero-order valence-corrected chi connectivity index (χ0v) is 14.1. The largest absolute Gasteiger partial charge is 0.381 e. The number of nitrogens with zero attached hydrogens (tertiary/aromatic N) is 2. The Bertz CT molecular complexity index is 615. The van der Waals surface area contributed by atoms with Gasteiger partial charge in [0.25, 0.3) is 0 Å². The fourth-order valence-corrected chi connectivity index (χ4v) is 2.99. The van der Waals surface area contributed by atoms with Crippen molar-refractivity contribution in [1.29, 1.82) is 0 Å². The van der Waals surface area contributed by atoms with E-state index in [1.165, 1.54) is 11.5 Å². The first-order chi connectivity index (χ1) is 10.7. The van der Waals surface area contributed by atoms with Crippen LogP contribution in [0.5, 0.6) is 0 Å². The molecule has 23 heavy (non-hydrogen) atoms. The molecule has 0 spiro atoms. The molecule has 0 bridgehead atoms. The summed E-state index contributed by atoms with van der Waals surface area (Å²) in [5, 5.41) is 8.77. The molecule has 2 heterocycles. The highest BCUT2D eigenvalue weighted by Gasteiger charge is 2.26. The molecule has 124 valence electrons. The molecule has 8 heteroatoms. The Hall–Kier alpha value is -1.54. The maximum absolute atomic E-state index is 12.2. The summed E-state index contributed by atoms with van der Waals surface area (Å²) in [6, 6.07) is 7.02. The van der Waals surface area contributed by atoms with Gasteiger partial charge >= 0.3 is 0 Å². The number of anilines is 1. The number of nitrogens with one attached hydrogen (secondary N) is 1. The van der Waals surface area contributed by atoms with E-state index in [9.17, 15) is 4.79 Å². The van der Waals surface area contributed by atoms with E-state index < -0.39 is 6.04 Å². The van der Waals surface area contributed by atoms with Crippen molar-refractivity contribution in [3.05, 3.63) is 29.6 Å². The molecule has 1 aliphatic rings. The lowest BCUT2D eigenvalue weighted by atomic mass is 9.92. The van der Waals surface area contributed by atoms with Gasteiger partial charge in [-0.2, -0.15) is 0 Å². The molecule has 1 aromatic carbocycles. The van der Waals surface area contributed by atoms with Crippen LogP contribution in [0.25, 0.3) is 11.3 Å². The molecular formula is C15H19ClN4O2S. The van der Waals surface area contributed by atoms with Gasteiger partial charge in [0.2, 0.25) is 5.91 Å². The minimum absolute atomic E-state index is 0. The monoisotopic (exact) mass is 354 g/mol. The Morgan fingerprint density at radius 1 is 1.30 bits per heavy atom. The molecule has 0 aliphatic carbocycles. The number of aromatic nitrogens is 2. The van der Waals surface area contributed by atoms with Crippen LogP contribution in [0.3, 0.4) is 0 Å². The van der Waals surface area contributed by atoms with E-state index >= 15 is 0 Å². The van der Waals surface area contributed by atoms with Crippen molar-refractivity contribution in [3.63, 3.8) is 0 Å². The molecule has 3 N–H and O–H groups in total. The predicted molar refractivity (Wildman–Crippen MR) is 92.7 cm³/mol. The first-order valence-corrected chi connectivity index (χ1v) is 8.09. The smallest absolute Gasteiger partial charge is 0.241 e. The van der Waals surface area contributed by atoms with E-state index in [0.29, 0.717) is 13.2 Å². The van der Waals surface area contributed by atoms with E-state index in [-0.39, 0.29) is 24.2 Å². The maximum Gasteiger partial charge on any atom is 0.241 e. The number of rotatable bonds is 4. The molecule has 1 saturated heterocycles. The van der Waals surface area contributed by atoms with Crippen LogP contribution in [-0.2, 0) is 9.53 Å². The Morgan fingerprint density at radius 2 is 2.00 bits per heavy atom. The third-order valence-electron chi connectivity index (χ3n) is 3.88. The normalized spacial score (nSPS) is 16.4. The highest BCUT2D eigenvalue weighted by Crippen LogP contribution is 2.21. The van der Waals surface area contributed by atoms with E-state index in [2.05, 4.69) is 14.9 Å². The van der Waals surface area contributed by atoms with Crippen molar-refractivity contribution in [2.45, 2.75) is 18.9 Å². The highest BCUT2D eigenvalue weighted by atomic mass is 35.5. The fourth-order valence-electron chi connectivity index (χ4n) is 2.53. The number of ether oxygens (including phenoxy) is 1. The molecular weight excluding hydrogens is 336 g/mol. The van der Waals surface area contributed by atoms with Crippen LogP contribution in [0.15, 0.2) is 29.6 Å². The summed E-state index contributed by atoms with van der Waals surface area (Å²) in [7, 11) is 0. The van der Waals surface area contributed by atoms with Crippen molar-refractivity contribution in [2.24, 2.45) is 11.7 Å². The third-order valence-corrected chi connectivity index (χ3v) is 4.39. The minimum Gasteiger partial charge on any atom is -0.381 e. The zero-order valence-electron chi connectivity index (χ0n) is 12.5. The summed E-state index contributed by atoms with van der Waals surface area (Å²) in [6.45, 7) is 1.37. The third kappa shape index (κ3) is 4.48. The van der Waals surface area contributed by atoms with Crippen molar-refractivity contribution in [3.8, 4) is 11.3 Å². The van der Waals surface area contributed by atoms with Crippen molar-refractivity contribution < 1.29 is 9.53 Å². The van der Waals surface area contributed by atoms with Crippen LogP contribution in [-0.4, -0.2) is 34.7 Å². The van der Waals surface area contributed by atoms with E-state index in [4.69, 9.17) is 10.5 Å². The molecule has 1 unspecified atom stereocenters. The molecule has 2 aromatic rings. The van der Waals surface area contributed by atoms with Gasteiger partial charge in [-0.15, -0.1) is 17.5 Å². The highest BCUT2D eigenvalue weighted by molar-refractivity contribution is 7.03. The Morgan fingerprint density at radius 3 is 2.61 bits per heavy atom. The molecule has 3 rings (SSSR count). The number of carbonyl (C=O) groups is 1. The number of halogens is 1. The first-order valence-electron chi connectivity index (χ1n) is 7.26. The number of carbonyl (C=O) groups excluding carboxylic acids is 1. The lowest BCUT2D eigenvalue weighted by Crippen LogP contribution is -2.43. The lowest BCUT2D eigenvalue weighted by Gasteiger charge is -2.26. The van der Waals surface area contributed by atoms with Gasteiger partial charge in [0.1, 0.15) is 5.69 Å². The van der Waals surface area contributed by atoms with Gasteiger partial charge in [-0.1, -0.05) is 16.6 Å². The van der Waals surface area contributed by atoms with Crippen LogP contribution in [0.2, 0.25) is 0 Å². The average molecular weight is 355 g/mol. The maximum atomic E-state index is 12.2. The summed E-state index contributed by atoms with van der Waals surface area (Å²) < 4.78 is 9.14. The second kappa shape index (κ2) is 8.35. The SMILES string of the molecule is Cl.NC(C(=O)Nc1ccc(-c2csnn2)cc1)C1CCOCC1. The van der Waals surface area contributed by atoms with Crippen LogP contribution in [0.1, 0.15) is 12.8 Å². The van der Waals surface area contributed by atoms with E-state index in [1.807, 2.05) is 29.6 Å². The lowest BCUT2D eigenvalue weighted by molar-refractivity contribution is -0.119. The zero-order chi connectivity index (χ0) is 15.4. The first kappa shape index (κ1) is 17.8.